The second-order valence-electron chi connectivity index (χ2n) is 6.27. The molecule has 0 saturated heterocycles. The third-order valence-corrected chi connectivity index (χ3v) is 4.67. The van der Waals surface area contributed by atoms with Crippen LogP contribution in [0.4, 0.5) is 0 Å². The number of hydrogen-bond acceptors (Lipinski definition) is 2. The van der Waals surface area contributed by atoms with E-state index in [9.17, 15) is 4.79 Å². The lowest BCUT2D eigenvalue weighted by Crippen LogP contribution is -2.08. The van der Waals surface area contributed by atoms with Gasteiger partial charge in [-0.15, -0.1) is 0 Å². The number of H-pyrrole nitrogens is 1. The van der Waals surface area contributed by atoms with Crippen molar-refractivity contribution >= 4 is 16.9 Å². The van der Waals surface area contributed by atoms with Crippen molar-refractivity contribution in [2.45, 2.75) is 45.4 Å². The van der Waals surface area contributed by atoms with Crippen LogP contribution in [0.25, 0.3) is 10.9 Å². The van der Waals surface area contributed by atoms with Gasteiger partial charge >= 0.3 is 5.97 Å². The lowest BCUT2D eigenvalue weighted by Gasteiger charge is -2.17. The number of aromatic amines is 1. The molecule has 1 N–H and O–H groups in total. The molecule has 1 saturated carbocycles. The van der Waals surface area contributed by atoms with Gasteiger partial charge in [-0.3, -0.25) is 0 Å². The molecule has 1 aromatic heterocycles. The Labute approximate surface area is 137 Å². The monoisotopic (exact) mass is 311 g/mol. The maximum atomic E-state index is 12.2. The second kappa shape index (κ2) is 7.49. The average Bonchev–Trinajstić information content (AvgIpc) is 2.95. The Morgan fingerprint density at radius 2 is 2.04 bits per heavy atom. The summed E-state index contributed by atoms with van der Waals surface area (Å²) < 4.78 is 5.20. The van der Waals surface area contributed by atoms with Crippen molar-refractivity contribution in [2.75, 3.05) is 6.61 Å². The summed E-state index contributed by atoms with van der Waals surface area (Å²) in [4.78, 5) is 15.5. The molecule has 1 aromatic carbocycles. The summed E-state index contributed by atoms with van der Waals surface area (Å²) in [6, 6.07) is 8.07. The molecule has 0 atom stereocenters. The summed E-state index contributed by atoms with van der Waals surface area (Å²) in [5, 5.41) is 1.11. The number of benzene rings is 1. The smallest absolute Gasteiger partial charge is 0.355 e. The molecule has 3 heteroatoms. The fourth-order valence-corrected chi connectivity index (χ4v) is 3.49. The summed E-state index contributed by atoms with van der Waals surface area (Å²) in [5.41, 5.74) is 2.64. The van der Waals surface area contributed by atoms with Crippen LogP contribution in [0.1, 0.15) is 55.1 Å². The zero-order chi connectivity index (χ0) is 16.1. The number of esters is 1. The van der Waals surface area contributed by atoms with Gasteiger partial charge in [0, 0.05) is 10.9 Å². The normalized spacial score (nSPS) is 16.2. The maximum Gasteiger partial charge on any atom is 0.355 e. The Kier molecular flexibility index (Phi) is 5.16. The lowest BCUT2D eigenvalue weighted by atomic mass is 9.89. The summed E-state index contributed by atoms with van der Waals surface area (Å²) in [6.07, 6.45) is 12.0. The molecule has 1 heterocycles. The first-order valence-corrected chi connectivity index (χ1v) is 8.73. The SMILES string of the molecule is CCOC(=O)c1[nH]c2ccccc2c1CC=CC1CCCCC1. The molecular weight excluding hydrogens is 286 g/mol. The van der Waals surface area contributed by atoms with Crippen molar-refractivity contribution in [3.63, 3.8) is 0 Å². The molecule has 0 unspecified atom stereocenters. The van der Waals surface area contributed by atoms with Gasteiger partial charge < -0.3 is 9.72 Å². The number of rotatable bonds is 5. The molecule has 0 radical (unpaired) electrons. The molecule has 1 aliphatic rings. The highest BCUT2D eigenvalue weighted by atomic mass is 16.5. The first kappa shape index (κ1) is 15.9. The average molecular weight is 311 g/mol. The van der Waals surface area contributed by atoms with Gasteiger partial charge in [-0.05, 0) is 43.7 Å². The fourth-order valence-electron chi connectivity index (χ4n) is 3.49. The van der Waals surface area contributed by atoms with E-state index in [1.807, 2.05) is 25.1 Å². The number of aromatic nitrogens is 1. The summed E-state index contributed by atoms with van der Waals surface area (Å²) in [6.45, 7) is 2.23. The van der Waals surface area contributed by atoms with E-state index < -0.39 is 0 Å². The van der Waals surface area contributed by atoms with Gasteiger partial charge in [0.2, 0.25) is 0 Å². The van der Waals surface area contributed by atoms with Gasteiger partial charge in [-0.25, -0.2) is 4.79 Å². The Morgan fingerprint density at radius 1 is 1.26 bits per heavy atom. The number of hydrogen-bond donors (Lipinski definition) is 1. The van der Waals surface area contributed by atoms with Crippen LogP contribution in [0.3, 0.4) is 0 Å². The number of carbonyl (C=O) groups is 1. The Morgan fingerprint density at radius 3 is 2.83 bits per heavy atom. The van der Waals surface area contributed by atoms with E-state index in [4.69, 9.17) is 4.74 Å². The number of allylic oxidation sites excluding steroid dienone is 2. The molecule has 0 aliphatic heterocycles. The largest absolute Gasteiger partial charge is 0.461 e. The van der Waals surface area contributed by atoms with Crippen molar-refractivity contribution in [1.82, 2.24) is 4.98 Å². The molecule has 23 heavy (non-hydrogen) atoms. The third-order valence-electron chi connectivity index (χ3n) is 4.67. The molecular formula is C20H25NO2. The van der Waals surface area contributed by atoms with Crippen LogP contribution in [-0.2, 0) is 11.2 Å². The zero-order valence-electron chi connectivity index (χ0n) is 13.8. The highest BCUT2D eigenvalue weighted by Crippen LogP contribution is 2.27. The molecule has 3 nitrogen and oxygen atoms in total. The van der Waals surface area contributed by atoms with Crippen molar-refractivity contribution in [2.24, 2.45) is 5.92 Å². The maximum absolute atomic E-state index is 12.2. The van der Waals surface area contributed by atoms with Crippen LogP contribution in [0.5, 0.6) is 0 Å². The molecule has 0 amide bonds. The van der Waals surface area contributed by atoms with E-state index >= 15 is 0 Å². The van der Waals surface area contributed by atoms with Gasteiger partial charge in [-0.2, -0.15) is 0 Å². The molecule has 1 aliphatic carbocycles. The third kappa shape index (κ3) is 3.66. The van der Waals surface area contributed by atoms with Crippen LogP contribution in [0, 0.1) is 5.92 Å². The minimum Gasteiger partial charge on any atom is -0.461 e. The van der Waals surface area contributed by atoms with Gasteiger partial charge in [0.15, 0.2) is 0 Å². The minimum atomic E-state index is -0.259. The first-order valence-electron chi connectivity index (χ1n) is 8.73. The van der Waals surface area contributed by atoms with Gasteiger partial charge in [0.1, 0.15) is 5.69 Å². The molecule has 122 valence electrons. The van der Waals surface area contributed by atoms with Crippen molar-refractivity contribution in [1.29, 1.82) is 0 Å². The Balaban J connectivity index is 1.83. The number of fused-ring (bicyclic) bond motifs is 1. The van der Waals surface area contributed by atoms with E-state index in [1.165, 1.54) is 32.1 Å². The first-order chi connectivity index (χ1) is 11.3. The van der Waals surface area contributed by atoms with E-state index in [1.54, 1.807) is 0 Å². The van der Waals surface area contributed by atoms with Crippen LogP contribution >= 0.6 is 0 Å². The van der Waals surface area contributed by atoms with E-state index in [2.05, 4.69) is 23.2 Å². The lowest BCUT2D eigenvalue weighted by molar-refractivity contribution is 0.0519. The standard InChI is InChI=1S/C20H25NO2/c1-2-23-20(22)19-17(16-12-6-7-14-18(16)21-19)13-8-11-15-9-4-3-5-10-15/h6-8,11-12,14-15,21H,2-5,9-10,13H2,1H3. The Bertz CT molecular complexity index is 693. The molecule has 1 fully saturated rings. The van der Waals surface area contributed by atoms with E-state index in [0.717, 1.165) is 22.9 Å². The topological polar surface area (TPSA) is 42.1 Å². The predicted molar refractivity (Wildman–Crippen MR) is 93.7 cm³/mol. The van der Waals surface area contributed by atoms with Crippen LogP contribution in [0.15, 0.2) is 36.4 Å². The number of ether oxygens (including phenoxy) is 1. The molecule has 0 bridgehead atoms. The number of para-hydroxylation sites is 1. The van der Waals surface area contributed by atoms with Crippen molar-refractivity contribution in [3.8, 4) is 0 Å². The van der Waals surface area contributed by atoms with E-state index in [0.29, 0.717) is 18.2 Å². The zero-order valence-corrected chi connectivity index (χ0v) is 13.8. The fraction of sp³-hybridized carbons (Fsp3) is 0.450. The van der Waals surface area contributed by atoms with Crippen LogP contribution < -0.4 is 0 Å². The van der Waals surface area contributed by atoms with E-state index in [-0.39, 0.29) is 5.97 Å². The highest BCUT2D eigenvalue weighted by molar-refractivity contribution is 5.98. The summed E-state index contributed by atoms with van der Waals surface area (Å²) in [5.74, 6) is 0.449. The van der Waals surface area contributed by atoms with Crippen LogP contribution in [-0.4, -0.2) is 17.6 Å². The van der Waals surface area contributed by atoms with Crippen molar-refractivity contribution < 1.29 is 9.53 Å². The highest BCUT2D eigenvalue weighted by Gasteiger charge is 2.18. The quantitative estimate of drug-likeness (QED) is 0.622. The van der Waals surface area contributed by atoms with Crippen molar-refractivity contribution in [3.05, 3.63) is 47.7 Å². The van der Waals surface area contributed by atoms with Gasteiger partial charge in [0.05, 0.1) is 6.61 Å². The Hall–Kier alpha value is -2.03. The number of nitrogens with one attached hydrogen (secondary N) is 1. The minimum absolute atomic E-state index is 0.259. The van der Waals surface area contributed by atoms with Crippen LogP contribution in [0.2, 0.25) is 0 Å². The van der Waals surface area contributed by atoms with Gasteiger partial charge in [-0.1, -0.05) is 49.6 Å². The summed E-state index contributed by atoms with van der Waals surface area (Å²) >= 11 is 0. The molecule has 0 spiro atoms. The molecule has 3 rings (SSSR count). The summed E-state index contributed by atoms with van der Waals surface area (Å²) in [7, 11) is 0. The molecule has 2 aromatic rings. The predicted octanol–water partition coefficient (Wildman–Crippen LogP) is 5.02. The van der Waals surface area contributed by atoms with Gasteiger partial charge in [0.25, 0.3) is 0 Å². The number of carbonyl (C=O) groups excluding carboxylic acids is 1. The second-order valence-corrected chi connectivity index (χ2v) is 6.27.